The van der Waals surface area contributed by atoms with Gasteiger partial charge < -0.3 is 24.8 Å². The van der Waals surface area contributed by atoms with Crippen molar-refractivity contribution >= 4 is 0 Å². The topological polar surface area (TPSA) is 79.2 Å². The molecule has 3 N–H and O–H groups in total. The molecule has 0 amide bonds. The van der Waals surface area contributed by atoms with Crippen molar-refractivity contribution in [2.75, 3.05) is 13.2 Å². The first-order valence-electron chi connectivity index (χ1n) is 4.05. The van der Waals surface area contributed by atoms with Crippen LogP contribution in [0.2, 0.25) is 0 Å². The van der Waals surface area contributed by atoms with Crippen LogP contribution in [0, 0.1) is 0 Å². The third kappa shape index (κ3) is 2.49. The first kappa shape index (κ1) is 10.6. The first-order valence-corrected chi connectivity index (χ1v) is 4.05. The Bertz CT molecular complexity index is 172. The highest BCUT2D eigenvalue weighted by molar-refractivity contribution is 4.83. The molecule has 0 bridgehead atoms. The van der Waals surface area contributed by atoms with Crippen LogP contribution in [-0.4, -0.2) is 53.1 Å². The van der Waals surface area contributed by atoms with E-state index < -0.39 is 24.6 Å². The van der Waals surface area contributed by atoms with Crippen molar-refractivity contribution in [1.82, 2.24) is 0 Å². The van der Waals surface area contributed by atoms with Gasteiger partial charge in [0.15, 0.2) is 6.29 Å². The molecule has 0 spiro atoms. The molecule has 0 aromatic heterocycles. The van der Waals surface area contributed by atoms with Crippen LogP contribution in [0.4, 0.5) is 0 Å². The number of aliphatic hydroxyl groups excluding tert-OH is 3. The van der Waals surface area contributed by atoms with Crippen LogP contribution in [0.15, 0.2) is 12.7 Å². The summed E-state index contributed by atoms with van der Waals surface area (Å²) in [6, 6.07) is 0. The number of ether oxygens (including phenoxy) is 2. The Morgan fingerprint density at radius 1 is 1.38 bits per heavy atom. The average molecular weight is 190 g/mol. The summed E-state index contributed by atoms with van der Waals surface area (Å²) in [5.74, 6) is 0. The lowest BCUT2D eigenvalue weighted by Crippen LogP contribution is -2.53. The predicted molar refractivity (Wildman–Crippen MR) is 43.9 cm³/mol. The summed E-state index contributed by atoms with van der Waals surface area (Å²) >= 11 is 0. The summed E-state index contributed by atoms with van der Waals surface area (Å²) in [7, 11) is 0. The molecule has 5 nitrogen and oxygen atoms in total. The zero-order valence-corrected chi connectivity index (χ0v) is 7.17. The molecular formula is C8H14O5. The number of rotatable bonds is 3. The Morgan fingerprint density at radius 2 is 2.08 bits per heavy atom. The first-order chi connectivity index (χ1) is 6.16. The van der Waals surface area contributed by atoms with Gasteiger partial charge in [0, 0.05) is 0 Å². The van der Waals surface area contributed by atoms with E-state index in [1.54, 1.807) is 0 Å². The Balaban J connectivity index is 2.43. The van der Waals surface area contributed by atoms with Crippen LogP contribution < -0.4 is 0 Å². The Hall–Kier alpha value is -0.460. The molecular weight excluding hydrogens is 176 g/mol. The van der Waals surface area contributed by atoms with Gasteiger partial charge in [0.1, 0.15) is 18.3 Å². The van der Waals surface area contributed by atoms with Gasteiger partial charge in [-0.3, -0.25) is 0 Å². The molecule has 1 heterocycles. The molecule has 13 heavy (non-hydrogen) atoms. The summed E-state index contributed by atoms with van der Waals surface area (Å²) in [6.45, 7) is 3.62. The van der Waals surface area contributed by atoms with Crippen molar-refractivity contribution in [3.05, 3.63) is 12.7 Å². The maximum Gasteiger partial charge on any atom is 0.186 e. The molecule has 1 rings (SSSR count). The zero-order chi connectivity index (χ0) is 9.84. The molecule has 0 aromatic carbocycles. The van der Waals surface area contributed by atoms with E-state index in [0.29, 0.717) is 0 Å². The molecule has 0 aromatic rings. The van der Waals surface area contributed by atoms with Gasteiger partial charge in [-0.15, -0.1) is 6.58 Å². The van der Waals surface area contributed by atoms with Gasteiger partial charge >= 0.3 is 0 Å². The molecule has 0 saturated carbocycles. The lowest BCUT2D eigenvalue weighted by Gasteiger charge is -2.34. The smallest absolute Gasteiger partial charge is 0.186 e. The predicted octanol–water partition coefficient (Wildman–Crippen LogP) is -1.37. The molecule has 1 aliphatic rings. The summed E-state index contributed by atoms with van der Waals surface area (Å²) in [6.07, 6.45) is -2.88. The van der Waals surface area contributed by atoms with Crippen LogP contribution in [0.1, 0.15) is 0 Å². The minimum absolute atomic E-state index is 0.0416. The summed E-state index contributed by atoms with van der Waals surface area (Å²) in [5.41, 5.74) is 0. The van der Waals surface area contributed by atoms with Crippen molar-refractivity contribution in [3.63, 3.8) is 0 Å². The highest BCUT2D eigenvalue weighted by atomic mass is 16.7. The van der Waals surface area contributed by atoms with E-state index >= 15 is 0 Å². The van der Waals surface area contributed by atoms with Crippen molar-refractivity contribution in [1.29, 1.82) is 0 Å². The second-order valence-electron chi connectivity index (χ2n) is 2.87. The molecule has 1 saturated heterocycles. The van der Waals surface area contributed by atoms with Gasteiger partial charge in [0.25, 0.3) is 0 Å². The molecule has 0 radical (unpaired) electrons. The standard InChI is InChI=1S/C8H14O5/c1-2-3-12-8-7(11)6(10)5(9)4-13-8/h2,5-11H,1,3-4H2/t5-,6-,7+,8-/m1/s1. The Morgan fingerprint density at radius 3 is 2.69 bits per heavy atom. The van der Waals surface area contributed by atoms with Gasteiger partial charge in [-0.2, -0.15) is 0 Å². The van der Waals surface area contributed by atoms with Crippen LogP contribution in [-0.2, 0) is 9.47 Å². The van der Waals surface area contributed by atoms with Crippen molar-refractivity contribution in [2.24, 2.45) is 0 Å². The van der Waals surface area contributed by atoms with E-state index in [1.807, 2.05) is 0 Å². The van der Waals surface area contributed by atoms with Gasteiger partial charge in [-0.1, -0.05) is 6.08 Å². The second-order valence-corrected chi connectivity index (χ2v) is 2.87. The molecule has 76 valence electrons. The maximum absolute atomic E-state index is 9.34. The molecule has 0 aliphatic carbocycles. The summed E-state index contributed by atoms with van der Waals surface area (Å²) in [4.78, 5) is 0. The van der Waals surface area contributed by atoms with Crippen LogP contribution in [0.25, 0.3) is 0 Å². The largest absolute Gasteiger partial charge is 0.388 e. The molecule has 1 fully saturated rings. The number of aliphatic hydroxyl groups is 3. The van der Waals surface area contributed by atoms with E-state index in [9.17, 15) is 10.2 Å². The van der Waals surface area contributed by atoms with Gasteiger partial charge in [0.05, 0.1) is 13.2 Å². The van der Waals surface area contributed by atoms with Crippen molar-refractivity contribution in [3.8, 4) is 0 Å². The molecule has 1 aliphatic heterocycles. The fourth-order valence-corrected chi connectivity index (χ4v) is 1.09. The highest BCUT2D eigenvalue weighted by Crippen LogP contribution is 2.16. The second kappa shape index (κ2) is 4.69. The van der Waals surface area contributed by atoms with Crippen LogP contribution >= 0.6 is 0 Å². The van der Waals surface area contributed by atoms with Gasteiger partial charge in [0.2, 0.25) is 0 Å². The Kier molecular flexibility index (Phi) is 3.83. The lowest BCUT2D eigenvalue weighted by atomic mass is 10.1. The average Bonchev–Trinajstić information content (AvgIpc) is 2.13. The quantitative estimate of drug-likeness (QED) is 0.478. The van der Waals surface area contributed by atoms with Gasteiger partial charge in [-0.25, -0.2) is 0 Å². The van der Waals surface area contributed by atoms with Crippen LogP contribution in [0.3, 0.4) is 0 Å². The van der Waals surface area contributed by atoms with E-state index in [2.05, 4.69) is 6.58 Å². The fourth-order valence-electron chi connectivity index (χ4n) is 1.09. The minimum atomic E-state index is -1.22. The monoisotopic (exact) mass is 190 g/mol. The summed E-state index contributed by atoms with van der Waals surface area (Å²) in [5, 5.41) is 27.7. The summed E-state index contributed by atoms with van der Waals surface area (Å²) < 4.78 is 9.95. The number of hydrogen-bond acceptors (Lipinski definition) is 5. The third-order valence-corrected chi connectivity index (χ3v) is 1.83. The third-order valence-electron chi connectivity index (χ3n) is 1.83. The Labute approximate surface area is 76.2 Å². The van der Waals surface area contributed by atoms with E-state index in [1.165, 1.54) is 6.08 Å². The fraction of sp³-hybridized carbons (Fsp3) is 0.750. The van der Waals surface area contributed by atoms with Crippen molar-refractivity contribution < 1.29 is 24.8 Å². The van der Waals surface area contributed by atoms with Crippen LogP contribution in [0.5, 0.6) is 0 Å². The van der Waals surface area contributed by atoms with Gasteiger partial charge in [-0.05, 0) is 0 Å². The van der Waals surface area contributed by atoms with E-state index in [0.717, 1.165) is 0 Å². The number of hydrogen-bond donors (Lipinski definition) is 3. The normalized spacial score (nSPS) is 40.2. The lowest BCUT2D eigenvalue weighted by molar-refractivity contribution is -0.266. The zero-order valence-electron chi connectivity index (χ0n) is 7.17. The molecule has 0 unspecified atom stereocenters. The molecule has 4 atom stereocenters. The van der Waals surface area contributed by atoms with E-state index in [4.69, 9.17) is 14.6 Å². The van der Waals surface area contributed by atoms with E-state index in [-0.39, 0.29) is 13.2 Å². The maximum atomic E-state index is 9.34. The van der Waals surface area contributed by atoms with Crippen molar-refractivity contribution in [2.45, 2.75) is 24.6 Å². The SMILES string of the molecule is C=CCO[C@@H]1OC[C@@H](O)[C@@H](O)[C@@H]1O. The highest BCUT2D eigenvalue weighted by Gasteiger charge is 2.37. The molecule has 5 heteroatoms. The minimum Gasteiger partial charge on any atom is -0.388 e.